The number of hydrogen-bond acceptors (Lipinski definition) is 5. The van der Waals surface area contributed by atoms with Crippen molar-refractivity contribution >= 4 is 12.0 Å². The maximum absolute atomic E-state index is 11.7. The second-order valence-electron chi connectivity index (χ2n) is 5.39. The van der Waals surface area contributed by atoms with Crippen LogP contribution in [0.25, 0.3) is 6.08 Å². The van der Waals surface area contributed by atoms with Crippen LogP contribution in [0.2, 0.25) is 0 Å². The van der Waals surface area contributed by atoms with E-state index in [1.165, 1.54) is 6.08 Å². The molecule has 1 saturated heterocycles. The molecule has 21 heavy (non-hydrogen) atoms. The highest BCUT2D eigenvalue weighted by atomic mass is 16.5. The van der Waals surface area contributed by atoms with Gasteiger partial charge >= 0.3 is 5.97 Å². The summed E-state index contributed by atoms with van der Waals surface area (Å²) in [4.78, 5) is 11.7. The minimum absolute atomic E-state index is 0.0390. The normalized spacial score (nSPS) is 16.3. The predicted octanol–water partition coefficient (Wildman–Crippen LogP) is 2.30. The SMILES string of the molecule is COc1cc(/C=C/C(=O)OCC2(C)COC2)cc(OC)c1. The molecule has 0 radical (unpaired) electrons. The second-order valence-corrected chi connectivity index (χ2v) is 5.39. The number of rotatable bonds is 6. The Balaban J connectivity index is 1.94. The first-order valence-corrected chi connectivity index (χ1v) is 6.70. The fraction of sp³-hybridized carbons (Fsp3) is 0.438. The van der Waals surface area contributed by atoms with E-state index in [1.807, 2.05) is 19.1 Å². The molecule has 5 heteroatoms. The van der Waals surface area contributed by atoms with E-state index < -0.39 is 0 Å². The number of methoxy groups -OCH3 is 2. The summed E-state index contributed by atoms with van der Waals surface area (Å²) >= 11 is 0. The van der Waals surface area contributed by atoms with E-state index in [0.717, 1.165) is 5.56 Å². The number of hydrogen-bond donors (Lipinski definition) is 0. The maximum atomic E-state index is 11.7. The molecule has 1 aliphatic heterocycles. The highest BCUT2D eigenvalue weighted by Gasteiger charge is 2.34. The molecule has 0 unspecified atom stereocenters. The lowest BCUT2D eigenvalue weighted by Gasteiger charge is -2.36. The lowest BCUT2D eigenvalue weighted by atomic mass is 9.90. The van der Waals surface area contributed by atoms with Crippen LogP contribution < -0.4 is 9.47 Å². The largest absolute Gasteiger partial charge is 0.497 e. The summed E-state index contributed by atoms with van der Waals surface area (Å²) < 4.78 is 20.7. The minimum Gasteiger partial charge on any atom is -0.497 e. The van der Waals surface area contributed by atoms with Gasteiger partial charge in [-0.3, -0.25) is 0 Å². The van der Waals surface area contributed by atoms with Crippen molar-refractivity contribution in [3.05, 3.63) is 29.8 Å². The zero-order chi connectivity index (χ0) is 15.3. The standard InChI is InChI=1S/C16H20O5/c1-16(9-20-10-16)11-21-15(17)5-4-12-6-13(18-2)8-14(7-12)19-3/h4-8H,9-11H2,1-3H3/b5-4+. The average Bonchev–Trinajstić information content (AvgIpc) is 2.48. The molecule has 1 aliphatic rings. The lowest BCUT2D eigenvalue weighted by molar-refractivity contribution is -0.160. The average molecular weight is 292 g/mol. The Morgan fingerprint density at radius 2 is 1.86 bits per heavy atom. The Bertz CT molecular complexity index is 509. The van der Waals surface area contributed by atoms with E-state index in [0.29, 0.717) is 31.3 Å². The second kappa shape index (κ2) is 6.63. The van der Waals surface area contributed by atoms with Crippen LogP contribution in [0.5, 0.6) is 11.5 Å². The first kappa shape index (κ1) is 15.4. The summed E-state index contributed by atoms with van der Waals surface area (Å²) in [5.74, 6) is 0.966. The summed E-state index contributed by atoms with van der Waals surface area (Å²) in [7, 11) is 3.16. The van der Waals surface area contributed by atoms with Crippen LogP contribution in [0.1, 0.15) is 12.5 Å². The van der Waals surface area contributed by atoms with Gasteiger partial charge in [-0.2, -0.15) is 0 Å². The Morgan fingerprint density at radius 1 is 1.24 bits per heavy atom. The summed E-state index contributed by atoms with van der Waals surface area (Å²) in [5.41, 5.74) is 0.768. The Morgan fingerprint density at radius 3 is 2.33 bits per heavy atom. The molecule has 0 spiro atoms. The van der Waals surface area contributed by atoms with E-state index >= 15 is 0 Å². The molecule has 0 bridgehead atoms. The molecule has 5 nitrogen and oxygen atoms in total. The molecule has 0 N–H and O–H groups in total. The van der Waals surface area contributed by atoms with Gasteiger partial charge in [0.1, 0.15) is 18.1 Å². The Hall–Kier alpha value is -2.01. The van der Waals surface area contributed by atoms with Crippen molar-refractivity contribution in [3.8, 4) is 11.5 Å². The molecular formula is C16H20O5. The van der Waals surface area contributed by atoms with Gasteiger partial charge in [0.2, 0.25) is 0 Å². The van der Waals surface area contributed by atoms with Gasteiger partial charge in [0, 0.05) is 17.6 Å². The Kier molecular flexibility index (Phi) is 4.85. The molecule has 1 aromatic carbocycles. The van der Waals surface area contributed by atoms with Gasteiger partial charge in [-0.25, -0.2) is 4.79 Å². The third-order valence-corrected chi connectivity index (χ3v) is 3.25. The highest BCUT2D eigenvalue weighted by Crippen LogP contribution is 2.26. The van der Waals surface area contributed by atoms with Crippen LogP contribution in [0.4, 0.5) is 0 Å². The summed E-state index contributed by atoms with van der Waals surface area (Å²) in [6.07, 6.45) is 3.07. The molecule has 0 atom stereocenters. The third kappa shape index (κ3) is 4.23. The molecule has 0 amide bonds. The van der Waals surface area contributed by atoms with Crippen molar-refractivity contribution in [1.29, 1.82) is 0 Å². The molecular weight excluding hydrogens is 272 g/mol. The van der Waals surface area contributed by atoms with Gasteiger partial charge in [0.15, 0.2) is 0 Å². The number of carbonyl (C=O) groups is 1. The van der Waals surface area contributed by atoms with Crippen molar-refractivity contribution < 1.29 is 23.7 Å². The molecule has 2 rings (SSSR count). The molecule has 0 saturated carbocycles. The van der Waals surface area contributed by atoms with E-state index in [-0.39, 0.29) is 11.4 Å². The number of benzene rings is 1. The number of esters is 1. The van der Waals surface area contributed by atoms with Crippen LogP contribution in [0, 0.1) is 5.41 Å². The quantitative estimate of drug-likeness (QED) is 0.595. The summed E-state index contributed by atoms with van der Waals surface area (Å²) in [6, 6.07) is 5.40. The van der Waals surface area contributed by atoms with Gasteiger partial charge in [0.25, 0.3) is 0 Å². The first-order chi connectivity index (χ1) is 10.0. The Labute approximate surface area is 124 Å². The number of carbonyl (C=O) groups excluding carboxylic acids is 1. The fourth-order valence-corrected chi connectivity index (χ4v) is 1.92. The summed E-state index contributed by atoms with van der Waals surface area (Å²) in [5, 5.41) is 0. The topological polar surface area (TPSA) is 54.0 Å². The molecule has 0 aliphatic carbocycles. The number of ether oxygens (including phenoxy) is 4. The van der Waals surface area contributed by atoms with Crippen molar-refractivity contribution in [3.63, 3.8) is 0 Å². The molecule has 0 aromatic heterocycles. The van der Waals surface area contributed by atoms with Crippen LogP contribution >= 0.6 is 0 Å². The fourth-order valence-electron chi connectivity index (χ4n) is 1.92. The zero-order valence-corrected chi connectivity index (χ0v) is 12.5. The van der Waals surface area contributed by atoms with E-state index in [1.54, 1.807) is 26.4 Å². The van der Waals surface area contributed by atoms with Crippen LogP contribution in [0.15, 0.2) is 24.3 Å². The maximum Gasteiger partial charge on any atom is 0.330 e. The lowest BCUT2D eigenvalue weighted by Crippen LogP contribution is -2.43. The van der Waals surface area contributed by atoms with Gasteiger partial charge in [-0.1, -0.05) is 6.92 Å². The highest BCUT2D eigenvalue weighted by molar-refractivity contribution is 5.87. The molecule has 114 valence electrons. The minimum atomic E-state index is -0.370. The summed E-state index contributed by atoms with van der Waals surface area (Å²) in [6.45, 7) is 3.67. The van der Waals surface area contributed by atoms with Crippen LogP contribution in [-0.2, 0) is 14.3 Å². The molecule has 1 fully saturated rings. The first-order valence-electron chi connectivity index (χ1n) is 6.70. The van der Waals surface area contributed by atoms with E-state index in [9.17, 15) is 4.79 Å². The van der Waals surface area contributed by atoms with Crippen molar-refractivity contribution in [2.45, 2.75) is 6.92 Å². The molecule has 1 heterocycles. The smallest absolute Gasteiger partial charge is 0.330 e. The van der Waals surface area contributed by atoms with E-state index in [4.69, 9.17) is 18.9 Å². The van der Waals surface area contributed by atoms with Gasteiger partial charge in [0.05, 0.1) is 27.4 Å². The predicted molar refractivity (Wildman–Crippen MR) is 78.5 cm³/mol. The zero-order valence-electron chi connectivity index (χ0n) is 12.5. The monoisotopic (exact) mass is 292 g/mol. The van der Waals surface area contributed by atoms with Crippen LogP contribution in [0.3, 0.4) is 0 Å². The van der Waals surface area contributed by atoms with Gasteiger partial charge in [-0.15, -0.1) is 0 Å². The van der Waals surface area contributed by atoms with Gasteiger partial charge < -0.3 is 18.9 Å². The van der Waals surface area contributed by atoms with Crippen molar-refractivity contribution in [2.24, 2.45) is 5.41 Å². The third-order valence-electron chi connectivity index (χ3n) is 3.25. The van der Waals surface area contributed by atoms with E-state index in [2.05, 4.69) is 0 Å². The van der Waals surface area contributed by atoms with Crippen molar-refractivity contribution in [1.82, 2.24) is 0 Å². The molecule has 1 aromatic rings. The van der Waals surface area contributed by atoms with Gasteiger partial charge in [-0.05, 0) is 23.8 Å². The van der Waals surface area contributed by atoms with Crippen LogP contribution in [-0.4, -0.2) is 40.0 Å². The van der Waals surface area contributed by atoms with Crippen molar-refractivity contribution in [2.75, 3.05) is 34.0 Å².